The summed E-state index contributed by atoms with van der Waals surface area (Å²) in [4.78, 5) is 21.8. The van der Waals surface area contributed by atoms with Gasteiger partial charge in [0.2, 0.25) is 0 Å². The molecule has 0 N–H and O–H groups in total. The average molecular weight is 199 g/mol. The van der Waals surface area contributed by atoms with Crippen molar-refractivity contribution in [1.29, 1.82) is 0 Å². The van der Waals surface area contributed by atoms with Gasteiger partial charge in [0.25, 0.3) is 0 Å². The lowest BCUT2D eigenvalue weighted by Gasteiger charge is -2.03. The van der Waals surface area contributed by atoms with Gasteiger partial charge in [0.1, 0.15) is 12.7 Å². The van der Waals surface area contributed by atoms with Crippen LogP contribution in [0, 0.1) is 0 Å². The van der Waals surface area contributed by atoms with Crippen LogP contribution in [-0.2, 0) is 14.3 Å². The molecule has 0 aromatic carbocycles. The molecule has 0 radical (unpaired) electrons. The van der Waals surface area contributed by atoms with Gasteiger partial charge in [0, 0.05) is 0 Å². The van der Waals surface area contributed by atoms with E-state index in [2.05, 4.69) is 19.7 Å². The third kappa shape index (κ3) is 2.85. The van der Waals surface area contributed by atoms with Gasteiger partial charge in [-0.15, -0.1) is 10.2 Å². The van der Waals surface area contributed by atoms with Crippen LogP contribution in [0.3, 0.4) is 0 Å². The van der Waals surface area contributed by atoms with E-state index in [0.29, 0.717) is 0 Å². The Morgan fingerprint density at radius 2 is 1.93 bits per heavy atom. The zero-order chi connectivity index (χ0) is 10.4. The first-order chi connectivity index (χ1) is 6.74. The van der Waals surface area contributed by atoms with Crippen LogP contribution in [0.25, 0.3) is 0 Å². The molecule has 7 heteroatoms. The van der Waals surface area contributed by atoms with Gasteiger partial charge < -0.3 is 9.47 Å². The highest BCUT2D eigenvalue weighted by Gasteiger charge is 2.09. The largest absolute Gasteiger partial charge is 0.463 e. The molecule has 1 rings (SSSR count). The van der Waals surface area contributed by atoms with Crippen LogP contribution in [0.2, 0.25) is 0 Å². The molecule has 0 atom stereocenters. The molecule has 7 nitrogen and oxygen atoms in total. The summed E-state index contributed by atoms with van der Waals surface area (Å²) in [6, 6.07) is 0. The highest BCUT2D eigenvalue weighted by Crippen LogP contribution is 1.88. The van der Waals surface area contributed by atoms with E-state index in [1.807, 2.05) is 0 Å². The molecule has 0 aliphatic rings. The van der Waals surface area contributed by atoms with E-state index in [4.69, 9.17) is 0 Å². The zero-order valence-electron chi connectivity index (χ0n) is 7.54. The van der Waals surface area contributed by atoms with Crippen molar-refractivity contribution in [1.82, 2.24) is 14.8 Å². The smallest absolute Gasteiger partial charge is 0.421 e. The lowest BCUT2D eigenvalue weighted by molar-refractivity contribution is -0.146. The van der Waals surface area contributed by atoms with Crippen molar-refractivity contribution in [3.63, 3.8) is 0 Å². The molecule has 1 aromatic heterocycles. The lowest BCUT2D eigenvalue weighted by Crippen LogP contribution is -2.19. The molecule has 0 aliphatic carbocycles. The number of esters is 1. The number of rotatable bonds is 3. The molecule has 0 spiro atoms. The van der Waals surface area contributed by atoms with Crippen molar-refractivity contribution >= 4 is 12.1 Å². The Labute approximate surface area is 79.6 Å². The normalized spacial score (nSPS) is 9.50. The molecule has 0 saturated heterocycles. The summed E-state index contributed by atoms with van der Waals surface area (Å²) < 4.78 is 10.1. The van der Waals surface area contributed by atoms with Gasteiger partial charge in [-0.1, -0.05) is 0 Å². The second kappa shape index (κ2) is 4.95. The second-order valence-electron chi connectivity index (χ2n) is 2.23. The van der Waals surface area contributed by atoms with Gasteiger partial charge in [-0.3, -0.25) is 0 Å². The number of carbonyl (C=O) groups excluding carboxylic acids is 2. The van der Waals surface area contributed by atoms with Crippen LogP contribution in [0.1, 0.15) is 6.92 Å². The SMILES string of the molecule is CCOC(=O)COC(=O)n1cnnc1. The van der Waals surface area contributed by atoms with Crippen molar-refractivity contribution in [3.05, 3.63) is 12.7 Å². The van der Waals surface area contributed by atoms with Crippen molar-refractivity contribution in [2.24, 2.45) is 0 Å². The van der Waals surface area contributed by atoms with E-state index < -0.39 is 18.7 Å². The molecule has 14 heavy (non-hydrogen) atoms. The number of nitrogens with zero attached hydrogens (tertiary/aromatic N) is 3. The van der Waals surface area contributed by atoms with Crippen LogP contribution in [0.5, 0.6) is 0 Å². The number of carbonyl (C=O) groups is 2. The lowest BCUT2D eigenvalue weighted by atomic mass is 10.7. The van der Waals surface area contributed by atoms with Crippen molar-refractivity contribution in [3.8, 4) is 0 Å². The standard InChI is InChI=1S/C7H9N3O4/c1-2-13-6(11)3-14-7(12)10-4-8-9-5-10/h4-5H,2-3H2,1H3. The molecule has 1 aromatic rings. The van der Waals surface area contributed by atoms with E-state index in [-0.39, 0.29) is 6.61 Å². The first kappa shape index (κ1) is 10.2. The Bertz CT molecular complexity index is 309. The first-order valence-corrected chi connectivity index (χ1v) is 3.91. The van der Waals surface area contributed by atoms with Crippen LogP contribution in [0.4, 0.5) is 4.79 Å². The first-order valence-electron chi connectivity index (χ1n) is 3.91. The van der Waals surface area contributed by atoms with Crippen LogP contribution in [0.15, 0.2) is 12.7 Å². The predicted molar refractivity (Wildman–Crippen MR) is 43.4 cm³/mol. The highest BCUT2D eigenvalue weighted by atomic mass is 16.6. The summed E-state index contributed by atoms with van der Waals surface area (Å²) >= 11 is 0. The monoisotopic (exact) mass is 199 g/mol. The second-order valence-corrected chi connectivity index (χ2v) is 2.23. The Kier molecular flexibility index (Phi) is 3.59. The van der Waals surface area contributed by atoms with E-state index in [1.54, 1.807) is 6.92 Å². The summed E-state index contributed by atoms with van der Waals surface area (Å²) in [7, 11) is 0. The molecule has 0 fully saturated rings. The summed E-state index contributed by atoms with van der Waals surface area (Å²) in [5.74, 6) is -0.589. The fourth-order valence-electron chi connectivity index (χ4n) is 0.693. The molecule has 0 saturated carbocycles. The van der Waals surface area contributed by atoms with Crippen molar-refractivity contribution in [2.45, 2.75) is 6.92 Å². The summed E-state index contributed by atoms with van der Waals surface area (Å²) in [5, 5.41) is 6.81. The molecular formula is C7H9N3O4. The maximum absolute atomic E-state index is 11.1. The van der Waals surface area contributed by atoms with E-state index >= 15 is 0 Å². The molecule has 0 bridgehead atoms. The minimum atomic E-state index is -0.719. The highest BCUT2D eigenvalue weighted by molar-refractivity contribution is 5.76. The van der Waals surface area contributed by atoms with E-state index in [1.165, 1.54) is 12.7 Å². The Balaban J connectivity index is 2.32. The summed E-state index contributed by atoms with van der Waals surface area (Å²) in [5.41, 5.74) is 0. The molecule has 1 heterocycles. The maximum atomic E-state index is 11.1. The third-order valence-corrected chi connectivity index (χ3v) is 1.25. The van der Waals surface area contributed by atoms with E-state index in [0.717, 1.165) is 4.57 Å². The van der Waals surface area contributed by atoms with Gasteiger partial charge in [0.05, 0.1) is 6.61 Å². The quantitative estimate of drug-likeness (QED) is 0.628. The molecule has 76 valence electrons. The summed E-state index contributed by atoms with van der Waals surface area (Å²) in [6.45, 7) is 1.51. The van der Waals surface area contributed by atoms with Gasteiger partial charge in [0.15, 0.2) is 6.61 Å². The van der Waals surface area contributed by atoms with Gasteiger partial charge in [-0.25, -0.2) is 14.2 Å². The average Bonchev–Trinajstić information content (AvgIpc) is 2.67. The fourth-order valence-corrected chi connectivity index (χ4v) is 0.693. The molecule has 0 unspecified atom stereocenters. The van der Waals surface area contributed by atoms with Crippen LogP contribution < -0.4 is 0 Å². The van der Waals surface area contributed by atoms with E-state index in [9.17, 15) is 9.59 Å². The maximum Gasteiger partial charge on any atom is 0.421 e. The van der Waals surface area contributed by atoms with Crippen LogP contribution >= 0.6 is 0 Å². The number of ether oxygens (including phenoxy) is 2. The number of hydrogen-bond donors (Lipinski definition) is 0. The van der Waals surface area contributed by atoms with Crippen molar-refractivity contribution in [2.75, 3.05) is 13.2 Å². The molecule has 0 aliphatic heterocycles. The molecular weight excluding hydrogens is 190 g/mol. The Morgan fingerprint density at radius 1 is 1.29 bits per heavy atom. The minimum Gasteiger partial charge on any atom is -0.463 e. The van der Waals surface area contributed by atoms with Gasteiger partial charge in [-0.2, -0.15) is 0 Å². The Morgan fingerprint density at radius 3 is 2.50 bits per heavy atom. The predicted octanol–water partition coefficient (Wildman–Crippen LogP) is -0.174. The Hall–Kier alpha value is -1.92. The van der Waals surface area contributed by atoms with Crippen LogP contribution in [-0.4, -0.2) is 40.0 Å². The zero-order valence-corrected chi connectivity index (χ0v) is 7.54. The summed E-state index contributed by atoms with van der Waals surface area (Å²) in [6.07, 6.45) is 1.63. The topological polar surface area (TPSA) is 83.3 Å². The minimum absolute atomic E-state index is 0.253. The van der Waals surface area contributed by atoms with Gasteiger partial charge in [-0.05, 0) is 6.92 Å². The molecule has 0 amide bonds. The third-order valence-electron chi connectivity index (χ3n) is 1.25. The number of aromatic nitrogens is 3. The number of hydrogen-bond acceptors (Lipinski definition) is 6. The van der Waals surface area contributed by atoms with Gasteiger partial charge >= 0.3 is 12.1 Å². The van der Waals surface area contributed by atoms with Crippen molar-refractivity contribution < 1.29 is 19.1 Å². The fraction of sp³-hybridized carbons (Fsp3) is 0.429.